The number of hydrogen-bond donors (Lipinski definition) is 3. The molecule has 0 spiro atoms. The lowest BCUT2D eigenvalue weighted by Gasteiger charge is -2.25. The van der Waals surface area contributed by atoms with Gasteiger partial charge in [0.2, 0.25) is 5.91 Å². The minimum Gasteiger partial charge on any atom is -0.387 e. The maximum Gasteiger partial charge on any atom is 0.472 e. The normalized spacial score (nSPS) is 15.0. The van der Waals surface area contributed by atoms with Crippen LogP contribution in [0, 0.1) is 0 Å². The SMILES string of the molecule is CCCCCCC/C=C/CC/C=C/C(O)C(COP(=O)(O)OCC[N+](C)(C)C)NC(=O)CCCCCCCCCCCCCCCC. The Morgan fingerprint density at radius 3 is 1.70 bits per heavy atom. The number of carbonyl (C=O) groups excluding carboxylic acids is 1. The second kappa shape index (κ2) is 31.0. The van der Waals surface area contributed by atoms with Crippen LogP contribution in [0.5, 0.6) is 0 Å². The number of rotatable bonds is 34. The molecule has 3 unspecified atom stereocenters. The highest BCUT2D eigenvalue weighted by molar-refractivity contribution is 7.47. The number of hydrogen-bond acceptors (Lipinski definition) is 5. The molecule has 0 aromatic heterocycles. The molecule has 0 aromatic rings. The Balaban J connectivity index is 4.55. The summed E-state index contributed by atoms with van der Waals surface area (Å²) in [6, 6.07) is -0.855. The van der Waals surface area contributed by atoms with Crippen LogP contribution in [0.15, 0.2) is 24.3 Å². The summed E-state index contributed by atoms with van der Waals surface area (Å²) >= 11 is 0. The van der Waals surface area contributed by atoms with Crippen LogP contribution in [0.25, 0.3) is 0 Å². The van der Waals surface area contributed by atoms with Crippen LogP contribution in [0.4, 0.5) is 0 Å². The van der Waals surface area contributed by atoms with Gasteiger partial charge in [-0.3, -0.25) is 13.8 Å². The van der Waals surface area contributed by atoms with E-state index in [4.69, 9.17) is 9.05 Å². The number of phosphoric acid groups is 1. The van der Waals surface area contributed by atoms with Crippen LogP contribution in [0.2, 0.25) is 0 Å². The van der Waals surface area contributed by atoms with E-state index in [1.807, 2.05) is 27.2 Å². The van der Waals surface area contributed by atoms with E-state index in [2.05, 4.69) is 31.3 Å². The predicted molar refractivity (Wildman–Crippen MR) is 198 cm³/mol. The largest absolute Gasteiger partial charge is 0.472 e. The average Bonchev–Trinajstić information content (AvgIpc) is 3.01. The second-order valence-corrected chi connectivity index (χ2v) is 15.8. The van der Waals surface area contributed by atoms with E-state index >= 15 is 0 Å². The molecule has 1 amide bonds. The average molecular weight is 688 g/mol. The lowest BCUT2D eigenvalue weighted by atomic mass is 10.0. The number of nitrogens with zero attached hydrogens (tertiary/aromatic N) is 1. The molecular formula is C38H76N2O6P+. The Bertz CT molecular complexity index is 829. The Labute approximate surface area is 290 Å². The van der Waals surface area contributed by atoms with Gasteiger partial charge in [-0.15, -0.1) is 0 Å². The van der Waals surface area contributed by atoms with Gasteiger partial charge in [-0.2, -0.15) is 0 Å². The summed E-state index contributed by atoms with van der Waals surface area (Å²) in [5, 5.41) is 13.7. The molecule has 0 aromatic carbocycles. The summed E-state index contributed by atoms with van der Waals surface area (Å²) in [6.45, 7) is 4.75. The molecule has 0 radical (unpaired) electrons. The molecule has 0 saturated carbocycles. The van der Waals surface area contributed by atoms with Gasteiger partial charge in [0.25, 0.3) is 0 Å². The number of phosphoric ester groups is 1. The van der Waals surface area contributed by atoms with Crippen molar-refractivity contribution in [3.63, 3.8) is 0 Å². The lowest BCUT2D eigenvalue weighted by molar-refractivity contribution is -0.870. The zero-order valence-corrected chi connectivity index (χ0v) is 32.2. The molecule has 0 fully saturated rings. The van der Waals surface area contributed by atoms with Crippen molar-refractivity contribution >= 4 is 13.7 Å². The summed E-state index contributed by atoms with van der Waals surface area (Å²) in [7, 11) is 1.55. The van der Waals surface area contributed by atoms with E-state index in [0.717, 1.165) is 38.5 Å². The van der Waals surface area contributed by atoms with Crippen molar-refractivity contribution in [1.82, 2.24) is 5.32 Å². The zero-order chi connectivity index (χ0) is 35.1. The second-order valence-electron chi connectivity index (χ2n) is 14.3. The fourth-order valence-corrected chi connectivity index (χ4v) is 6.03. The van der Waals surface area contributed by atoms with Gasteiger partial charge in [0.15, 0.2) is 0 Å². The van der Waals surface area contributed by atoms with Crippen molar-refractivity contribution in [1.29, 1.82) is 0 Å². The molecule has 0 heterocycles. The van der Waals surface area contributed by atoms with Crippen LogP contribution in [0.3, 0.4) is 0 Å². The number of likely N-dealkylation sites (N-methyl/N-ethyl adjacent to an activating group) is 1. The monoisotopic (exact) mass is 688 g/mol. The quantitative estimate of drug-likeness (QED) is 0.0269. The number of quaternary nitrogens is 1. The molecule has 8 nitrogen and oxygen atoms in total. The smallest absolute Gasteiger partial charge is 0.387 e. The van der Waals surface area contributed by atoms with E-state index in [1.54, 1.807) is 6.08 Å². The number of aliphatic hydroxyl groups excluding tert-OH is 1. The minimum atomic E-state index is -4.33. The highest BCUT2D eigenvalue weighted by Crippen LogP contribution is 2.43. The molecule has 9 heteroatoms. The zero-order valence-electron chi connectivity index (χ0n) is 31.3. The van der Waals surface area contributed by atoms with Crippen molar-refractivity contribution in [2.24, 2.45) is 0 Å². The third-order valence-electron chi connectivity index (χ3n) is 8.42. The summed E-state index contributed by atoms with van der Waals surface area (Å²) < 4.78 is 23.4. The minimum absolute atomic E-state index is 0.0577. The summed E-state index contributed by atoms with van der Waals surface area (Å²) in [6.07, 6.45) is 33.8. The molecule has 0 bridgehead atoms. The predicted octanol–water partition coefficient (Wildman–Crippen LogP) is 9.80. The summed E-state index contributed by atoms with van der Waals surface area (Å²) in [5.74, 6) is -0.189. The van der Waals surface area contributed by atoms with Gasteiger partial charge in [-0.1, -0.05) is 147 Å². The van der Waals surface area contributed by atoms with Crippen LogP contribution in [-0.2, 0) is 18.4 Å². The van der Waals surface area contributed by atoms with E-state index in [-0.39, 0.29) is 19.1 Å². The first-order valence-electron chi connectivity index (χ1n) is 19.2. The number of unbranched alkanes of at least 4 members (excludes halogenated alkanes) is 19. The summed E-state index contributed by atoms with van der Waals surface area (Å²) in [4.78, 5) is 22.9. The molecule has 3 N–H and O–H groups in total. The van der Waals surface area contributed by atoms with Gasteiger partial charge >= 0.3 is 7.82 Å². The van der Waals surface area contributed by atoms with E-state index in [1.165, 1.54) is 103 Å². The van der Waals surface area contributed by atoms with E-state index in [0.29, 0.717) is 17.4 Å². The van der Waals surface area contributed by atoms with Gasteiger partial charge in [0.05, 0.1) is 39.9 Å². The number of aliphatic hydroxyl groups is 1. The van der Waals surface area contributed by atoms with Gasteiger partial charge in [-0.25, -0.2) is 4.57 Å². The van der Waals surface area contributed by atoms with Crippen molar-refractivity contribution < 1.29 is 32.9 Å². The Kier molecular flexibility index (Phi) is 30.3. The topological polar surface area (TPSA) is 105 Å². The molecule has 0 rings (SSSR count). The van der Waals surface area contributed by atoms with Crippen molar-refractivity contribution in [3.05, 3.63) is 24.3 Å². The molecule has 0 aliphatic rings. The number of amides is 1. The molecule has 47 heavy (non-hydrogen) atoms. The van der Waals surface area contributed by atoms with Crippen LogP contribution in [-0.4, -0.2) is 73.4 Å². The fraction of sp³-hybridized carbons (Fsp3) is 0.868. The molecular weight excluding hydrogens is 611 g/mol. The van der Waals surface area contributed by atoms with Gasteiger partial charge in [0.1, 0.15) is 13.2 Å². The highest BCUT2D eigenvalue weighted by atomic mass is 31.2. The molecule has 0 saturated heterocycles. The Hall–Kier alpha value is -1.02. The van der Waals surface area contributed by atoms with Crippen molar-refractivity contribution in [2.45, 2.75) is 174 Å². The highest BCUT2D eigenvalue weighted by Gasteiger charge is 2.27. The molecule has 0 aliphatic carbocycles. The first-order valence-corrected chi connectivity index (χ1v) is 20.7. The third-order valence-corrected chi connectivity index (χ3v) is 9.41. The van der Waals surface area contributed by atoms with Crippen LogP contribution >= 0.6 is 7.82 Å². The number of carbonyl (C=O) groups is 1. The van der Waals surface area contributed by atoms with E-state index in [9.17, 15) is 19.4 Å². The first kappa shape index (κ1) is 46.0. The Morgan fingerprint density at radius 1 is 0.702 bits per heavy atom. The van der Waals surface area contributed by atoms with Crippen LogP contribution in [0.1, 0.15) is 162 Å². The van der Waals surface area contributed by atoms with Gasteiger partial charge in [-0.05, 0) is 32.1 Å². The summed E-state index contributed by atoms with van der Waals surface area (Å²) in [5.41, 5.74) is 0. The fourth-order valence-electron chi connectivity index (χ4n) is 5.29. The van der Waals surface area contributed by atoms with Gasteiger partial charge in [0, 0.05) is 6.42 Å². The lowest BCUT2D eigenvalue weighted by Crippen LogP contribution is -2.45. The van der Waals surface area contributed by atoms with Crippen LogP contribution < -0.4 is 5.32 Å². The molecule has 0 aliphatic heterocycles. The van der Waals surface area contributed by atoms with Gasteiger partial charge < -0.3 is 19.8 Å². The van der Waals surface area contributed by atoms with Crippen molar-refractivity contribution in [2.75, 3.05) is 40.9 Å². The number of nitrogens with one attached hydrogen (secondary N) is 1. The standard InChI is InChI=1S/C38H75N2O6P/c1-6-8-10-12-14-16-18-19-20-22-24-26-28-30-32-38(42)39-36(35-46-47(43,44)45-34-33-40(3,4)5)37(41)31-29-27-25-23-21-17-15-13-11-9-7-2/h21,23,29,31,36-37,41H,6-20,22,24-28,30,32-35H2,1-5H3,(H-,39,42,43,44)/p+1/b23-21+,31-29+. The third kappa shape index (κ3) is 33.3. The van der Waals surface area contributed by atoms with E-state index < -0.39 is 20.0 Å². The maximum absolute atomic E-state index is 12.8. The molecule has 3 atom stereocenters. The Morgan fingerprint density at radius 2 is 1.17 bits per heavy atom. The number of allylic oxidation sites excluding steroid dienone is 3. The van der Waals surface area contributed by atoms with Crippen molar-refractivity contribution in [3.8, 4) is 0 Å². The first-order chi connectivity index (χ1) is 22.5. The maximum atomic E-state index is 12.8. The molecule has 278 valence electrons.